The van der Waals surface area contributed by atoms with Gasteiger partial charge in [-0.15, -0.1) is 0 Å². The predicted molar refractivity (Wildman–Crippen MR) is 440 cm³/mol. The summed E-state index contributed by atoms with van der Waals surface area (Å²) in [4.78, 5) is 117. The molecule has 0 radical (unpaired) electrons. The Kier molecular flexibility index (Phi) is 27.9. The largest absolute Gasteiger partial charge is 0.390 e. The zero-order valence-electron chi connectivity index (χ0n) is 62.9. The zero-order chi connectivity index (χ0) is 84.1. The molecule has 0 aliphatic carbocycles. The Bertz CT molecular complexity index is 5500. The standard InChI is InChI=1S/C19H17ClF4N6O.C19H18ClF3N6O.C19H20ClF3N6O.C18H21ClN6O.8H2/c20-10-6-11-12(8-27-15(11)26-7-10)16-28-9-13(21)17(29-16)30-5-1-2-14(30)18(31)25-4-3-19(22,23)24;20-11-8-12-13(10-27-16(12)26-9-11)17-24-5-3-15(28-17)29-7-1-2-14(29)18(30)25-6-4-19(21,22)23;1-10(2)15(18(30)25-6-4-19(21,22)23)28-14-3-5-24-17(29-14)13-9-27-16-12(13)7-11(20)8-26-16;1-4-6-21-17(26)18(2,3)25-14-5-7-20-16(24-14)13-10-23-15-12(13)8-11(19)9-22-15;;;;;;;;/h6-9,14H,1-5H2,(H,25,31)(H,26,27);3,5,8-10,14H,1-2,4,6-7H2,(H,25,30)(H,26,27);3,5,7-10,15H,4,6H2,1-2H3,(H,25,30)(H,26,27)(H,24,28,29);5,7-10H,4,6H2,1-3H3,(H,21,26)(H,22,23)(H,20,24,25);8*1H/t2*14-;15-;;;;;;;;;/m111........./s1. The highest BCUT2D eigenvalue weighted by Crippen LogP contribution is 2.36. The van der Waals surface area contributed by atoms with Gasteiger partial charge in [-0.05, 0) is 94.3 Å². The molecule has 14 rings (SSSR count). The molecule has 2 fully saturated rings. The van der Waals surface area contributed by atoms with Crippen molar-refractivity contribution in [1.29, 1.82) is 0 Å². The maximum atomic E-state index is 14.6. The van der Waals surface area contributed by atoms with Gasteiger partial charge in [-0.1, -0.05) is 67.2 Å². The second-order valence-corrected chi connectivity index (χ2v) is 29.4. The number of nitrogens with one attached hydrogen (secondary N) is 10. The minimum Gasteiger partial charge on any atom is -0.358 e. The topological polar surface area (TPSA) is 365 Å². The van der Waals surface area contributed by atoms with Crippen LogP contribution in [0.1, 0.15) is 97.4 Å². The number of amides is 4. The van der Waals surface area contributed by atoms with E-state index in [1.165, 1.54) is 29.7 Å². The number of aromatic amines is 4. The van der Waals surface area contributed by atoms with Crippen LogP contribution < -0.4 is 41.7 Å². The number of alkyl halides is 9. The molecule has 12 aromatic heterocycles. The van der Waals surface area contributed by atoms with Crippen LogP contribution >= 0.6 is 46.4 Å². The van der Waals surface area contributed by atoms with Gasteiger partial charge in [-0.2, -0.15) is 39.5 Å². The Hall–Kier alpha value is -11.4. The molecule has 2 aliphatic heterocycles. The average molecular weight is 1730 g/mol. The van der Waals surface area contributed by atoms with Crippen LogP contribution in [0.4, 0.5) is 67.2 Å². The van der Waals surface area contributed by atoms with Crippen molar-refractivity contribution < 1.29 is 74.5 Å². The first-order chi connectivity index (χ1) is 55.6. The van der Waals surface area contributed by atoms with E-state index in [9.17, 15) is 63.1 Å². The maximum absolute atomic E-state index is 14.6. The molecule has 2 aliphatic rings. The monoisotopic (exact) mass is 1720 g/mol. The third-order valence-corrected chi connectivity index (χ3v) is 19.1. The van der Waals surface area contributed by atoms with Crippen LogP contribution in [0.5, 0.6) is 0 Å². The van der Waals surface area contributed by atoms with E-state index >= 15 is 0 Å². The molecule has 12 aromatic rings. The quantitative estimate of drug-likeness (QED) is 0.0266. The first-order valence-corrected chi connectivity index (χ1v) is 38.0. The number of hydrogen-bond donors (Lipinski definition) is 10. The number of fused-ring (bicyclic) bond motifs is 4. The van der Waals surface area contributed by atoms with Gasteiger partial charge in [0.25, 0.3) is 0 Å². The second-order valence-electron chi connectivity index (χ2n) is 27.7. The van der Waals surface area contributed by atoms with Gasteiger partial charge in [-0.25, -0.2) is 64.2 Å². The van der Waals surface area contributed by atoms with Crippen LogP contribution in [0.15, 0.2) is 117 Å². The van der Waals surface area contributed by atoms with Gasteiger partial charge >= 0.3 is 18.5 Å². The highest BCUT2D eigenvalue weighted by atomic mass is 35.5. The van der Waals surface area contributed by atoms with Crippen LogP contribution in [0, 0.1) is 11.7 Å². The van der Waals surface area contributed by atoms with E-state index in [1.54, 1.807) is 98.5 Å². The SMILES string of the molecule is CC(C)[C@@H](Nc1ccnc(-c2c[nH]c3ncc(Cl)cc23)n1)C(=O)NCCC(F)(F)F.CCCNC(=O)C(C)(C)Nc1ccnc(-c2c[nH]c3ncc(Cl)cc23)n1.O=C(NCCC(F)(F)F)[C@H]1CCCN1c1ccnc(-c2c[nH]c3ncc(Cl)cc23)n1.O=C(NCCC(F)(F)F)[C@H]1CCCN1c1nc(-c2c[nH]c3ncc(Cl)cc23)ncc1F.[HH].[HH].[HH].[HH].[HH].[HH].[HH].[HH]. The van der Waals surface area contributed by atoms with Gasteiger partial charge in [0.05, 0.1) is 45.5 Å². The fourth-order valence-corrected chi connectivity index (χ4v) is 13.2. The Morgan fingerprint density at radius 2 is 0.897 bits per heavy atom. The van der Waals surface area contributed by atoms with Crippen molar-refractivity contribution in [3.63, 3.8) is 0 Å². The minimum atomic E-state index is -4.37. The molecule has 0 unspecified atom stereocenters. The maximum Gasteiger partial charge on any atom is 0.390 e. The Balaban J connectivity index is 0.000000422. The predicted octanol–water partition coefficient (Wildman–Crippen LogP) is 17.1. The van der Waals surface area contributed by atoms with E-state index in [0.29, 0.717) is 139 Å². The molecule has 3 atom stereocenters. The first-order valence-electron chi connectivity index (χ1n) is 36.5. The summed E-state index contributed by atoms with van der Waals surface area (Å²) in [7, 11) is 0. The number of carbonyl (C=O) groups excluding carboxylic acids is 4. The lowest BCUT2D eigenvalue weighted by Gasteiger charge is -2.25. The molecule has 0 spiro atoms. The van der Waals surface area contributed by atoms with Crippen LogP contribution in [0.25, 0.3) is 89.7 Å². The Morgan fingerprint density at radius 3 is 1.33 bits per heavy atom. The molecule has 0 aromatic carbocycles. The molecular formula is C75H92Cl4F10N24O4. The molecule has 0 bridgehead atoms. The molecule has 42 heteroatoms. The van der Waals surface area contributed by atoms with Crippen LogP contribution in [0.3, 0.4) is 0 Å². The van der Waals surface area contributed by atoms with Crippen LogP contribution in [0.2, 0.25) is 20.1 Å². The van der Waals surface area contributed by atoms with E-state index < -0.39 is 105 Å². The van der Waals surface area contributed by atoms with Crippen molar-refractivity contribution in [3.8, 4) is 45.6 Å². The van der Waals surface area contributed by atoms with E-state index in [0.717, 1.165) is 40.8 Å². The fraction of sp³-hybridized carbons (Fsp3) is 0.360. The van der Waals surface area contributed by atoms with E-state index in [4.69, 9.17) is 46.4 Å². The normalized spacial score (nSPS) is 14.7. The molecule has 117 heavy (non-hydrogen) atoms. The number of H-pyrrole nitrogens is 4. The number of aromatic nitrogens is 16. The van der Waals surface area contributed by atoms with Gasteiger partial charge in [0.2, 0.25) is 23.6 Å². The lowest BCUT2D eigenvalue weighted by Crippen LogP contribution is -2.48. The Morgan fingerprint density at radius 1 is 0.504 bits per heavy atom. The molecule has 0 saturated carbocycles. The molecule has 4 amide bonds. The number of pyridine rings is 4. The summed E-state index contributed by atoms with van der Waals surface area (Å²) in [5.41, 5.74) is 4.48. The van der Waals surface area contributed by atoms with Gasteiger partial charge in [0.1, 0.15) is 63.7 Å². The summed E-state index contributed by atoms with van der Waals surface area (Å²) in [6, 6.07) is 9.86. The van der Waals surface area contributed by atoms with E-state index in [2.05, 4.69) is 112 Å². The number of nitrogens with zero attached hydrogens (tertiary/aromatic N) is 14. The van der Waals surface area contributed by atoms with Gasteiger partial charge in [0, 0.05) is 163 Å². The van der Waals surface area contributed by atoms with Crippen molar-refractivity contribution in [3.05, 3.63) is 143 Å². The van der Waals surface area contributed by atoms with Crippen molar-refractivity contribution in [1.82, 2.24) is 101 Å². The van der Waals surface area contributed by atoms with Crippen molar-refractivity contribution >= 4 is 137 Å². The van der Waals surface area contributed by atoms with Crippen molar-refractivity contribution in [2.75, 3.05) is 59.7 Å². The summed E-state index contributed by atoms with van der Waals surface area (Å²) < 4.78 is 126. The minimum absolute atomic E-state index is 0. The number of carbonyl (C=O) groups is 4. The summed E-state index contributed by atoms with van der Waals surface area (Å²) >= 11 is 24.2. The van der Waals surface area contributed by atoms with Gasteiger partial charge < -0.3 is 61.6 Å². The summed E-state index contributed by atoms with van der Waals surface area (Å²) in [6.07, 6.45) is 5.61. The average Bonchev–Trinajstić information content (AvgIpc) is 1.68. The van der Waals surface area contributed by atoms with E-state index in [-0.39, 0.29) is 34.9 Å². The number of halogens is 14. The Labute approximate surface area is 692 Å². The summed E-state index contributed by atoms with van der Waals surface area (Å²) in [6.45, 7) is 9.32. The van der Waals surface area contributed by atoms with Gasteiger partial charge in [-0.3, -0.25) is 19.2 Å². The lowest BCUT2D eigenvalue weighted by atomic mass is 10.0. The van der Waals surface area contributed by atoms with Crippen molar-refractivity contribution in [2.24, 2.45) is 5.92 Å². The first kappa shape index (κ1) is 86.5. The van der Waals surface area contributed by atoms with Gasteiger partial charge in [0.15, 0.2) is 34.9 Å². The van der Waals surface area contributed by atoms with Crippen LogP contribution in [-0.4, -0.2) is 185 Å². The molecule has 14 heterocycles. The number of rotatable bonds is 23. The summed E-state index contributed by atoms with van der Waals surface area (Å²) in [5.74, 6) is 0.390. The number of anilines is 4. The third kappa shape index (κ3) is 22.8. The fourth-order valence-electron chi connectivity index (χ4n) is 12.6. The molecule has 28 nitrogen and oxygen atoms in total. The number of hydrogen-bond acceptors (Lipinski definition) is 20. The lowest BCUT2D eigenvalue weighted by molar-refractivity contribution is -0.137. The third-order valence-electron chi connectivity index (χ3n) is 18.2. The van der Waals surface area contributed by atoms with E-state index in [1.807, 2.05) is 26.8 Å². The molecule has 634 valence electrons. The molecule has 2 saturated heterocycles. The smallest absolute Gasteiger partial charge is 0.358 e. The van der Waals surface area contributed by atoms with Crippen molar-refractivity contribution in [2.45, 2.75) is 128 Å². The zero-order valence-corrected chi connectivity index (χ0v) is 65.9. The summed E-state index contributed by atoms with van der Waals surface area (Å²) in [5, 5.41) is 20.9. The molecular weight excluding hydrogens is 1630 g/mol. The highest BCUT2D eigenvalue weighted by molar-refractivity contribution is 6.32. The van der Waals surface area contributed by atoms with Crippen LogP contribution in [-0.2, 0) is 19.2 Å². The highest BCUT2D eigenvalue weighted by Gasteiger charge is 2.37. The second kappa shape index (κ2) is 37.7. The molecule has 10 N–H and O–H groups in total.